The predicted octanol–water partition coefficient (Wildman–Crippen LogP) is 0.237. The number of primary amides is 1. The number of nitrogens with two attached hydrogens (primary N) is 1. The predicted molar refractivity (Wildman–Crippen MR) is 61.4 cm³/mol. The number of halogens is 6. The molecule has 1 aliphatic heterocycles. The third-order valence-corrected chi connectivity index (χ3v) is 1.91. The number of amides is 2. The monoisotopic (exact) mass is 357 g/mol. The molecule has 0 saturated carbocycles. The van der Waals surface area contributed by atoms with Crippen LogP contribution in [-0.4, -0.2) is 71.6 Å². The third-order valence-electron chi connectivity index (χ3n) is 1.91. The zero-order valence-electron chi connectivity index (χ0n) is 11.2. The summed E-state index contributed by atoms with van der Waals surface area (Å²) in [7, 11) is 0. The number of piperazine rings is 1. The van der Waals surface area contributed by atoms with Crippen LogP contribution in [0.15, 0.2) is 0 Å². The molecule has 0 radical (unpaired) electrons. The van der Waals surface area contributed by atoms with Crippen LogP contribution in [0.4, 0.5) is 31.1 Å². The van der Waals surface area contributed by atoms with Crippen molar-refractivity contribution in [2.24, 2.45) is 5.73 Å². The van der Waals surface area contributed by atoms with E-state index in [0.717, 1.165) is 26.2 Å². The molecule has 1 heterocycles. The molecule has 0 aromatic rings. The van der Waals surface area contributed by atoms with Crippen LogP contribution in [0.25, 0.3) is 0 Å². The Kier molecular flexibility index (Phi) is 9.71. The van der Waals surface area contributed by atoms with Gasteiger partial charge in [0, 0.05) is 26.2 Å². The lowest BCUT2D eigenvalue weighted by molar-refractivity contribution is -0.193. The number of alkyl halides is 6. The van der Waals surface area contributed by atoms with Gasteiger partial charge in [-0.3, -0.25) is 0 Å². The molecule has 5 N–H and O–H groups in total. The topological polar surface area (TPSA) is 133 Å². The zero-order valence-corrected chi connectivity index (χ0v) is 11.2. The van der Waals surface area contributed by atoms with Crippen LogP contribution in [0.1, 0.15) is 0 Å². The van der Waals surface area contributed by atoms with E-state index in [1.165, 1.54) is 0 Å². The fraction of sp³-hybridized carbons (Fsp3) is 0.667. The van der Waals surface area contributed by atoms with Crippen LogP contribution < -0.4 is 11.1 Å². The first-order valence-electron chi connectivity index (χ1n) is 5.55. The van der Waals surface area contributed by atoms with Crippen LogP contribution in [0, 0.1) is 0 Å². The number of carboxylic acid groups (broad SMARTS) is 2. The second-order valence-corrected chi connectivity index (χ2v) is 3.68. The Hall–Kier alpha value is -2.25. The van der Waals surface area contributed by atoms with Crippen molar-refractivity contribution in [1.82, 2.24) is 10.2 Å². The van der Waals surface area contributed by atoms with Gasteiger partial charge in [-0.25, -0.2) is 14.4 Å². The van der Waals surface area contributed by atoms with Gasteiger partial charge in [0.2, 0.25) is 0 Å². The molecule has 8 nitrogen and oxygen atoms in total. The molecule has 0 aromatic heterocycles. The largest absolute Gasteiger partial charge is 0.490 e. The van der Waals surface area contributed by atoms with Gasteiger partial charge in [-0.05, 0) is 0 Å². The maximum Gasteiger partial charge on any atom is 0.490 e. The third kappa shape index (κ3) is 13.2. The molecule has 14 heteroatoms. The highest BCUT2D eigenvalue weighted by Gasteiger charge is 2.38. The highest BCUT2D eigenvalue weighted by Crippen LogP contribution is 2.13. The molecule has 0 aromatic carbocycles. The normalized spacial score (nSPS) is 14.6. The number of urea groups is 1. The van der Waals surface area contributed by atoms with Gasteiger partial charge in [0.1, 0.15) is 0 Å². The van der Waals surface area contributed by atoms with Crippen LogP contribution >= 0.6 is 0 Å². The molecule has 1 aliphatic rings. The highest BCUT2D eigenvalue weighted by molar-refractivity contribution is 5.73. The van der Waals surface area contributed by atoms with Gasteiger partial charge in [0.25, 0.3) is 0 Å². The lowest BCUT2D eigenvalue weighted by Crippen LogP contribution is -2.48. The second-order valence-electron chi connectivity index (χ2n) is 3.68. The fourth-order valence-corrected chi connectivity index (χ4v) is 0.885. The van der Waals surface area contributed by atoms with Crippen LogP contribution in [-0.2, 0) is 9.59 Å². The molecule has 0 bridgehead atoms. The van der Waals surface area contributed by atoms with Gasteiger partial charge in [-0.1, -0.05) is 0 Å². The van der Waals surface area contributed by atoms with E-state index in [1.807, 2.05) is 0 Å². The number of carbonyl (C=O) groups excluding carboxylic acids is 1. The number of nitrogens with one attached hydrogen (secondary N) is 1. The first kappa shape index (κ1) is 23.0. The summed E-state index contributed by atoms with van der Waals surface area (Å²) in [5.41, 5.74) is 5.03. The summed E-state index contributed by atoms with van der Waals surface area (Å²) in [6.07, 6.45) is -10.2. The van der Waals surface area contributed by atoms with Crippen LogP contribution in [0.3, 0.4) is 0 Å². The van der Waals surface area contributed by atoms with E-state index in [-0.39, 0.29) is 6.03 Å². The van der Waals surface area contributed by atoms with Crippen molar-refractivity contribution in [3.8, 4) is 0 Å². The minimum absolute atomic E-state index is 0.309. The van der Waals surface area contributed by atoms with Crippen LogP contribution in [0.2, 0.25) is 0 Å². The van der Waals surface area contributed by atoms with Gasteiger partial charge >= 0.3 is 30.3 Å². The standard InChI is InChI=1S/C5H11N3O.2C2HF3O2/c6-5(9)8-3-1-7-2-4-8;2*3-2(4,5)1(6)7/h7H,1-4H2,(H2,6,9);2*(H,6,7). The van der Waals surface area contributed by atoms with E-state index in [0.29, 0.717) is 0 Å². The molecule has 136 valence electrons. The number of rotatable bonds is 0. The van der Waals surface area contributed by atoms with Crippen molar-refractivity contribution in [2.45, 2.75) is 12.4 Å². The minimum Gasteiger partial charge on any atom is -0.475 e. The van der Waals surface area contributed by atoms with Crippen molar-refractivity contribution >= 4 is 18.0 Å². The molecular formula is C9H13F6N3O5. The Bertz CT molecular complexity index is 381. The summed E-state index contributed by atoms with van der Waals surface area (Å²) in [5, 5.41) is 17.4. The first-order chi connectivity index (χ1) is 10.2. The van der Waals surface area contributed by atoms with E-state index < -0.39 is 24.3 Å². The average Bonchev–Trinajstić information content (AvgIpc) is 2.38. The second kappa shape index (κ2) is 9.70. The summed E-state index contributed by atoms with van der Waals surface area (Å²) in [6, 6.07) is -0.309. The highest BCUT2D eigenvalue weighted by atomic mass is 19.4. The van der Waals surface area contributed by atoms with Gasteiger partial charge in [0.05, 0.1) is 0 Å². The Labute approximate surface area is 124 Å². The summed E-state index contributed by atoms with van der Waals surface area (Å²) in [5.74, 6) is -5.51. The molecule has 23 heavy (non-hydrogen) atoms. The SMILES string of the molecule is NC(=O)N1CCNCC1.O=C(O)C(F)(F)F.O=C(O)C(F)(F)F. The molecule has 2 amide bonds. The lowest BCUT2D eigenvalue weighted by Gasteiger charge is -2.25. The lowest BCUT2D eigenvalue weighted by atomic mass is 10.4. The van der Waals surface area contributed by atoms with E-state index in [1.54, 1.807) is 4.90 Å². The molecule has 0 aliphatic carbocycles. The van der Waals surface area contributed by atoms with E-state index in [2.05, 4.69) is 5.32 Å². The zero-order chi connectivity index (χ0) is 18.8. The summed E-state index contributed by atoms with van der Waals surface area (Å²) in [6.45, 7) is 3.22. The number of carbonyl (C=O) groups is 3. The van der Waals surface area contributed by atoms with E-state index in [4.69, 9.17) is 25.5 Å². The van der Waals surface area contributed by atoms with Gasteiger partial charge in [0.15, 0.2) is 0 Å². The number of carboxylic acids is 2. The minimum atomic E-state index is -5.08. The Morgan fingerprint density at radius 2 is 1.13 bits per heavy atom. The van der Waals surface area contributed by atoms with Crippen molar-refractivity contribution < 1.29 is 50.9 Å². The van der Waals surface area contributed by atoms with E-state index >= 15 is 0 Å². The van der Waals surface area contributed by atoms with Crippen molar-refractivity contribution in [1.29, 1.82) is 0 Å². The molecule has 1 fully saturated rings. The molecule has 1 rings (SSSR count). The molecule has 0 unspecified atom stereocenters. The van der Waals surface area contributed by atoms with Crippen molar-refractivity contribution in [2.75, 3.05) is 26.2 Å². The molecular weight excluding hydrogens is 344 g/mol. The first-order valence-corrected chi connectivity index (χ1v) is 5.55. The van der Waals surface area contributed by atoms with Crippen molar-refractivity contribution in [3.63, 3.8) is 0 Å². The average molecular weight is 357 g/mol. The summed E-state index contributed by atoms with van der Waals surface area (Å²) < 4.78 is 63.5. The maximum absolute atomic E-state index is 10.6. The number of aliphatic carboxylic acids is 2. The maximum atomic E-state index is 10.6. The van der Waals surface area contributed by atoms with Gasteiger partial charge in [-0.2, -0.15) is 26.3 Å². The van der Waals surface area contributed by atoms with Crippen LogP contribution in [0.5, 0.6) is 0 Å². The smallest absolute Gasteiger partial charge is 0.475 e. The Morgan fingerprint density at radius 1 is 0.870 bits per heavy atom. The molecule has 1 saturated heterocycles. The Morgan fingerprint density at radius 3 is 1.26 bits per heavy atom. The number of hydrogen-bond acceptors (Lipinski definition) is 4. The quantitative estimate of drug-likeness (QED) is 0.459. The Balaban J connectivity index is 0. The summed E-state index contributed by atoms with van der Waals surface area (Å²) >= 11 is 0. The number of nitrogens with zero attached hydrogens (tertiary/aromatic N) is 1. The fourth-order valence-electron chi connectivity index (χ4n) is 0.885. The number of hydrogen-bond donors (Lipinski definition) is 4. The summed E-state index contributed by atoms with van der Waals surface area (Å²) in [4.78, 5) is 29.9. The van der Waals surface area contributed by atoms with Gasteiger partial charge < -0.3 is 26.2 Å². The molecule has 0 spiro atoms. The van der Waals surface area contributed by atoms with Gasteiger partial charge in [-0.15, -0.1) is 0 Å². The van der Waals surface area contributed by atoms with Crippen molar-refractivity contribution in [3.05, 3.63) is 0 Å². The molecule has 0 atom stereocenters. The van der Waals surface area contributed by atoms with E-state index in [9.17, 15) is 31.1 Å².